The molecule has 14 heteroatoms. The topological polar surface area (TPSA) is 118 Å². The maximum absolute atomic E-state index is 11.9. The lowest BCUT2D eigenvalue weighted by Crippen LogP contribution is -2.53. The number of ether oxygens (including phenoxy) is 3. The zero-order valence-electron chi connectivity index (χ0n) is 27.3. The van der Waals surface area contributed by atoms with Crippen LogP contribution < -0.4 is 24.2 Å². The molecule has 2 aliphatic heterocycles. The second-order valence-corrected chi connectivity index (χ2v) is 15.0. The highest BCUT2D eigenvalue weighted by atomic mass is 32.2. The van der Waals surface area contributed by atoms with E-state index in [2.05, 4.69) is 16.9 Å². The average molecular weight is 687 g/mol. The molecule has 2 aromatic carbocycles. The van der Waals surface area contributed by atoms with Crippen molar-refractivity contribution in [1.82, 2.24) is 10.0 Å². The zero-order chi connectivity index (χ0) is 33.6. The minimum Gasteiger partial charge on any atom is -0.493 e. The van der Waals surface area contributed by atoms with Gasteiger partial charge in [-0.1, -0.05) is 18.2 Å². The van der Waals surface area contributed by atoms with Crippen LogP contribution >= 0.6 is 0 Å². The summed E-state index contributed by atoms with van der Waals surface area (Å²) in [4.78, 5) is 0. The van der Waals surface area contributed by atoms with Crippen molar-refractivity contribution in [3.8, 4) is 17.2 Å². The van der Waals surface area contributed by atoms with E-state index in [9.17, 15) is 12.6 Å². The molecule has 0 N–H and O–H groups in total. The fourth-order valence-corrected chi connectivity index (χ4v) is 8.59. The number of furan rings is 2. The number of anilines is 4. The Bertz CT molecular complexity index is 1680. The molecule has 2 aliphatic rings. The van der Waals surface area contributed by atoms with Gasteiger partial charge in [0.25, 0.3) is 0 Å². The molecule has 0 spiro atoms. The molecule has 2 fully saturated rings. The van der Waals surface area contributed by atoms with Crippen LogP contribution in [0.25, 0.3) is 0 Å². The normalized spacial score (nSPS) is 21.3. The molecule has 3 unspecified atom stereocenters. The first-order valence-corrected chi connectivity index (χ1v) is 18.6. The highest BCUT2D eigenvalue weighted by Gasteiger charge is 2.34. The minimum atomic E-state index is -2.95. The smallest absolute Gasteiger partial charge is 0.214 e. The highest BCUT2D eigenvalue weighted by molar-refractivity contribution is 7.91. The summed E-state index contributed by atoms with van der Waals surface area (Å²) in [7, 11) is 1.01. The first-order chi connectivity index (χ1) is 22.7. The van der Waals surface area contributed by atoms with E-state index in [1.165, 1.54) is 0 Å². The van der Waals surface area contributed by atoms with Crippen molar-refractivity contribution in [3.05, 3.63) is 79.3 Å². The van der Waals surface area contributed by atoms with Crippen molar-refractivity contribution < 1.29 is 35.7 Å². The van der Waals surface area contributed by atoms with Crippen LogP contribution in [0.3, 0.4) is 0 Å². The predicted molar refractivity (Wildman–Crippen MR) is 183 cm³/mol. The Morgan fingerprint density at radius 3 is 1.83 bits per heavy atom. The van der Waals surface area contributed by atoms with Crippen LogP contribution in [-0.4, -0.2) is 92.2 Å². The number of benzene rings is 2. The molecule has 0 amide bonds. The van der Waals surface area contributed by atoms with Gasteiger partial charge in [-0.3, -0.25) is 4.21 Å². The van der Waals surface area contributed by atoms with Gasteiger partial charge in [-0.05, 0) is 38.1 Å². The molecule has 0 radical (unpaired) electrons. The molecule has 4 aromatic rings. The standard InChI is InChI=1S/C18H24N2O5S.C15H18N2O3S/c1-13-12-26(21)9-7-19(13)20(17-6-5-8-25-17)14-10-15(22-2)18(24-4)16(11-14)23-3;1-13-12-21(18,19)11-9-16(13)17(15-8-5-10-20-15)14-6-3-2-4-7-14/h5-6,8,10-11,13H,7,9,12H2,1-4H3;2-8,10,13H,9,11-12H2,1H3. The summed E-state index contributed by atoms with van der Waals surface area (Å²) >= 11 is 0. The van der Waals surface area contributed by atoms with E-state index in [1.807, 2.05) is 83.7 Å². The maximum Gasteiger partial charge on any atom is 0.214 e. The number of hydrogen-bond donors (Lipinski definition) is 0. The number of rotatable bonds is 9. The minimum absolute atomic E-state index is 0.0915. The number of nitrogens with zero attached hydrogens (tertiary/aromatic N) is 4. The third-order valence-corrected chi connectivity index (χ3v) is 11.2. The van der Waals surface area contributed by atoms with Gasteiger partial charge in [0.15, 0.2) is 21.3 Å². The van der Waals surface area contributed by atoms with Crippen molar-refractivity contribution in [2.24, 2.45) is 0 Å². The number of methoxy groups -OCH3 is 3. The summed E-state index contributed by atoms with van der Waals surface area (Å²) in [5.74, 6) is 4.57. The maximum atomic E-state index is 11.9. The first kappa shape index (κ1) is 34.4. The van der Waals surface area contributed by atoms with E-state index in [4.69, 9.17) is 23.0 Å². The third-order valence-electron chi connectivity index (χ3n) is 7.96. The summed E-state index contributed by atoms with van der Waals surface area (Å²) in [6.45, 7) is 5.10. The largest absolute Gasteiger partial charge is 0.493 e. The van der Waals surface area contributed by atoms with Gasteiger partial charge in [-0.2, -0.15) is 0 Å². The molecule has 6 rings (SSSR count). The molecule has 0 bridgehead atoms. The fraction of sp³-hybridized carbons (Fsp3) is 0.394. The monoisotopic (exact) mass is 686 g/mol. The van der Waals surface area contributed by atoms with E-state index < -0.39 is 20.6 Å². The fourth-order valence-electron chi connectivity index (χ4n) is 5.78. The highest BCUT2D eigenvalue weighted by Crippen LogP contribution is 2.43. The Kier molecular flexibility index (Phi) is 11.2. The molecule has 3 atom stereocenters. The number of sulfone groups is 1. The SMILES string of the molecule is CC1CS(=O)(=O)CCN1N(c1ccccc1)c1ccco1.COc1cc(N(c2ccco2)N2CCS(=O)CC2C)cc(OC)c1OC. The first-order valence-electron chi connectivity index (χ1n) is 15.3. The molecule has 0 saturated carbocycles. The van der Waals surface area contributed by atoms with Crippen LogP contribution in [0.1, 0.15) is 13.8 Å². The van der Waals surface area contributed by atoms with E-state index in [1.54, 1.807) is 33.9 Å². The van der Waals surface area contributed by atoms with Crippen LogP contribution in [-0.2, 0) is 20.6 Å². The summed E-state index contributed by atoms with van der Waals surface area (Å²) in [5.41, 5.74) is 1.77. The second kappa shape index (κ2) is 15.3. The van der Waals surface area contributed by atoms with E-state index >= 15 is 0 Å². The van der Waals surface area contributed by atoms with Crippen molar-refractivity contribution in [2.75, 3.05) is 67.4 Å². The Morgan fingerprint density at radius 2 is 1.34 bits per heavy atom. The quantitative estimate of drug-likeness (QED) is 0.229. The summed E-state index contributed by atoms with van der Waals surface area (Å²) in [6, 6.07) is 21.0. The van der Waals surface area contributed by atoms with Gasteiger partial charge in [0.1, 0.15) is 0 Å². The third kappa shape index (κ3) is 7.95. The van der Waals surface area contributed by atoms with Gasteiger partial charge in [-0.15, -0.1) is 0 Å². The van der Waals surface area contributed by atoms with Gasteiger partial charge in [0.2, 0.25) is 17.5 Å². The van der Waals surface area contributed by atoms with Crippen molar-refractivity contribution in [2.45, 2.75) is 25.9 Å². The lowest BCUT2D eigenvalue weighted by Gasteiger charge is -2.41. The molecule has 2 saturated heterocycles. The van der Waals surface area contributed by atoms with Crippen molar-refractivity contribution in [3.63, 3.8) is 0 Å². The van der Waals surface area contributed by atoms with E-state index in [0.717, 1.165) is 11.4 Å². The van der Waals surface area contributed by atoms with Gasteiger partial charge in [0, 0.05) is 71.7 Å². The number of para-hydroxylation sites is 1. The van der Waals surface area contributed by atoms with Gasteiger partial charge < -0.3 is 23.0 Å². The average Bonchev–Trinajstić information content (AvgIpc) is 3.79. The second-order valence-electron chi connectivity index (χ2n) is 11.2. The van der Waals surface area contributed by atoms with E-state index in [-0.39, 0.29) is 23.6 Å². The van der Waals surface area contributed by atoms with Gasteiger partial charge >= 0.3 is 0 Å². The summed E-state index contributed by atoms with van der Waals surface area (Å²) in [5, 5.41) is 8.14. The van der Waals surface area contributed by atoms with Crippen LogP contribution in [0.4, 0.5) is 23.1 Å². The zero-order valence-corrected chi connectivity index (χ0v) is 28.9. The molecular weight excluding hydrogens is 645 g/mol. The molecule has 4 heterocycles. The van der Waals surface area contributed by atoms with Gasteiger partial charge in [0.05, 0.1) is 56.7 Å². The molecule has 12 nitrogen and oxygen atoms in total. The Balaban J connectivity index is 0.000000189. The Morgan fingerprint density at radius 1 is 0.766 bits per heavy atom. The molecular formula is C33H42N4O8S2. The predicted octanol–water partition coefficient (Wildman–Crippen LogP) is 5.26. The number of hydrogen-bond acceptors (Lipinski definition) is 12. The molecule has 47 heavy (non-hydrogen) atoms. The summed E-state index contributed by atoms with van der Waals surface area (Å²) in [6.07, 6.45) is 3.25. The lowest BCUT2D eigenvalue weighted by atomic mass is 10.2. The van der Waals surface area contributed by atoms with Crippen LogP contribution in [0.2, 0.25) is 0 Å². The summed E-state index contributed by atoms with van der Waals surface area (Å²) < 4.78 is 63.1. The van der Waals surface area contributed by atoms with Crippen molar-refractivity contribution >= 4 is 43.8 Å². The van der Waals surface area contributed by atoms with Crippen LogP contribution in [0.15, 0.2) is 88.1 Å². The van der Waals surface area contributed by atoms with E-state index in [0.29, 0.717) is 53.6 Å². The molecule has 254 valence electrons. The lowest BCUT2D eigenvalue weighted by molar-refractivity contribution is 0.219. The molecule has 0 aliphatic carbocycles. The Hall–Kier alpha value is -3.98. The van der Waals surface area contributed by atoms with Gasteiger partial charge in [-0.25, -0.2) is 28.5 Å². The molecule has 2 aromatic heterocycles. The van der Waals surface area contributed by atoms with Crippen LogP contribution in [0, 0.1) is 0 Å². The number of hydrazine groups is 2. The van der Waals surface area contributed by atoms with Crippen molar-refractivity contribution in [1.29, 1.82) is 0 Å². The van der Waals surface area contributed by atoms with Crippen LogP contribution in [0.5, 0.6) is 17.2 Å². The Labute approximate surface area is 278 Å².